The summed E-state index contributed by atoms with van der Waals surface area (Å²) in [5, 5.41) is 10.4. The van der Waals surface area contributed by atoms with Crippen molar-refractivity contribution in [1.29, 1.82) is 0 Å². The van der Waals surface area contributed by atoms with E-state index in [4.69, 9.17) is 40.8 Å². The lowest BCUT2D eigenvalue weighted by molar-refractivity contribution is 0.00578. The fraction of sp³-hybridized carbons (Fsp3) is 0.0625. The zero-order valence-corrected chi connectivity index (χ0v) is 64.3. The molecule has 0 spiro atoms. The highest BCUT2D eigenvalue weighted by Crippen LogP contribution is 2.46. The molecular formula is C96H66BClN6O2S4. The summed E-state index contributed by atoms with van der Waals surface area (Å²) in [4.78, 5) is 29.4. The normalized spacial score (nSPS) is 13.2. The summed E-state index contributed by atoms with van der Waals surface area (Å²) >= 11 is 13.7. The average molecular weight is 1510 g/mol. The molecule has 1 aliphatic heterocycles. The van der Waals surface area contributed by atoms with Gasteiger partial charge >= 0.3 is 7.12 Å². The Bertz CT molecular complexity index is 6880. The maximum Gasteiger partial charge on any atom is 0.494 e. The molecule has 14 heteroatoms. The second kappa shape index (κ2) is 28.7. The quantitative estimate of drug-likeness (QED) is 0.125. The molecule has 0 saturated carbocycles. The van der Waals surface area contributed by atoms with Crippen LogP contribution in [-0.4, -0.2) is 48.2 Å². The predicted octanol–water partition coefficient (Wildman–Crippen LogP) is 26.9. The molecule has 1 saturated heterocycles. The Morgan fingerprint density at radius 3 is 0.900 bits per heavy atom. The van der Waals surface area contributed by atoms with Crippen molar-refractivity contribution in [1.82, 2.24) is 29.9 Å². The van der Waals surface area contributed by atoms with Gasteiger partial charge in [-0.2, -0.15) is 9.97 Å². The number of thiophene rings is 4. The minimum Gasteiger partial charge on any atom is -0.399 e. The van der Waals surface area contributed by atoms with Crippen LogP contribution in [0.1, 0.15) is 27.7 Å². The average Bonchev–Trinajstić information content (AvgIpc) is 1.56. The van der Waals surface area contributed by atoms with Gasteiger partial charge < -0.3 is 9.31 Å². The first-order chi connectivity index (χ1) is 53.9. The van der Waals surface area contributed by atoms with Crippen molar-refractivity contribution in [3.8, 4) is 101 Å². The number of halogens is 1. The van der Waals surface area contributed by atoms with E-state index in [2.05, 4.69) is 317 Å². The maximum absolute atomic E-state index is 6.42. The van der Waals surface area contributed by atoms with Crippen LogP contribution in [0.25, 0.3) is 182 Å². The van der Waals surface area contributed by atoms with E-state index in [0.717, 1.165) is 60.2 Å². The van der Waals surface area contributed by atoms with Crippen LogP contribution in [0.15, 0.2) is 328 Å². The Labute approximate surface area is 657 Å². The van der Waals surface area contributed by atoms with E-state index in [0.29, 0.717) is 29.1 Å². The van der Waals surface area contributed by atoms with E-state index in [1.807, 2.05) is 71.2 Å². The minimum atomic E-state index is -0.320. The van der Waals surface area contributed by atoms with Crippen LogP contribution >= 0.6 is 56.9 Å². The summed E-state index contributed by atoms with van der Waals surface area (Å²) in [6.45, 7) is 8.35. The van der Waals surface area contributed by atoms with Crippen LogP contribution in [0.4, 0.5) is 0 Å². The summed E-state index contributed by atoms with van der Waals surface area (Å²) in [6, 6.07) is 115. The Balaban J connectivity index is 0.000000118. The van der Waals surface area contributed by atoms with E-state index in [9.17, 15) is 0 Å². The van der Waals surface area contributed by atoms with E-state index in [1.165, 1.54) is 98.2 Å². The topological polar surface area (TPSA) is 95.8 Å². The number of hydrogen-bond acceptors (Lipinski definition) is 12. The Kier molecular flexibility index (Phi) is 17.9. The molecule has 0 aliphatic carbocycles. The number of fused-ring (bicyclic) bond motifs is 12. The molecule has 8 nitrogen and oxygen atoms in total. The van der Waals surface area contributed by atoms with Gasteiger partial charge in [-0.05, 0) is 126 Å². The maximum atomic E-state index is 6.42. The number of aromatic nitrogens is 6. The second-order valence-electron chi connectivity index (χ2n) is 28.3. The molecule has 21 rings (SSSR count). The molecule has 0 N–H and O–H groups in total. The molecule has 0 bridgehead atoms. The van der Waals surface area contributed by atoms with Crippen LogP contribution in [0.5, 0.6) is 0 Å². The molecular weight excluding hydrogens is 1440 g/mol. The van der Waals surface area contributed by atoms with E-state index in [1.54, 1.807) is 22.7 Å². The molecule has 526 valence electrons. The van der Waals surface area contributed by atoms with E-state index >= 15 is 0 Å². The van der Waals surface area contributed by atoms with Gasteiger partial charge in [0.2, 0.25) is 5.28 Å². The smallest absolute Gasteiger partial charge is 0.399 e. The zero-order valence-electron chi connectivity index (χ0n) is 60.3. The van der Waals surface area contributed by atoms with Crippen molar-refractivity contribution in [3.63, 3.8) is 0 Å². The Hall–Kier alpha value is -11.7. The first kappa shape index (κ1) is 68.8. The lowest BCUT2D eigenvalue weighted by Crippen LogP contribution is -2.41. The SMILES string of the molecule is CC1(C)OB(c2ccc(-c3cccc4c3sc3ccccc34)cc2)OC1(C)C.Clc1nc(-c2ccccc2-c2ccccc2)nc(-c2cccc3c2sc2ccccc23)n1.c1ccc(-c2ccccc2-c2nc(-c3ccc(-c4cccc5c4sc4ccccc45)cc3)nc(-c3cccc4c3sc3ccccc34)n2)cc1. The molecule has 110 heavy (non-hydrogen) atoms. The van der Waals surface area contributed by atoms with Crippen LogP contribution < -0.4 is 5.46 Å². The van der Waals surface area contributed by atoms with Gasteiger partial charge in [-0.25, -0.2) is 19.9 Å². The summed E-state index contributed by atoms with van der Waals surface area (Å²) in [6.07, 6.45) is 0. The molecule has 6 aromatic heterocycles. The van der Waals surface area contributed by atoms with Crippen LogP contribution in [0.2, 0.25) is 5.28 Å². The van der Waals surface area contributed by atoms with Gasteiger partial charge in [0.15, 0.2) is 29.1 Å². The van der Waals surface area contributed by atoms with Gasteiger partial charge in [0.1, 0.15) is 0 Å². The largest absolute Gasteiger partial charge is 0.494 e. The molecule has 1 aliphatic rings. The van der Waals surface area contributed by atoms with Crippen LogP contribution in [0, 0.1) is 0 Å². The third-order valence-electron chi connectivity index (χ3n) is 21.0. The first-order valence-corrected chi connectivity index (χ1v) is 40.2. The highest BCUT2D eigenvalue weighted by atomic mass is 35.5. The van der Waals surface area contributed by atoms with Crippen molar-refractivity contribution >= 4 is 150 Å². The van der Waals surface area contributed by atoms with E-state index in [-0.39, 0.29) is 23.6 Å². The first-order valence-electron chi connectivity index (χ1n) is 36.6. The third-order valence-corrected chi connectivity index (χ3v) is 26.1. The van der Waals surface area contributed by atoms with Gasteiger partial charge in [0, 0.05) is 109 Å². The monoisotopic (exact) mass is 1510 g/mol. The van der Waals surface area contributed by atoms with Gasteiger partial charge in [0.05, 0.1) is 11.2 Å². The highest BCUT2D eigenvalue weighted by molar-refractivity contribution is 7.27. The third kappa shape index (κ3) is 12.8. The van der Waals surface area contributed by atoms with Crippen LogP contribution in [-0.2, 0) is 9.31 Å². The van der Waals surface area contributed by atoms with Gasteiger partial charge in [0.25, 0.3) is 0 Å². The standard InChI is InChI=1S/C45H27N3S2.C27H16ClN3S.C24H23BO2S/c1-2-12-28(13-3-1)31-14-4-5-17-37(31)44-46-43(47-45(48-44)38-21-11-20-36-34-16-7-9-23-40(34)50-42(36)38)30-26-24-29(25-27-30)32-18-10-19-35-33-15-6-8-22-39(33)49-41(32)35;28-27-30-25(21-13-5-4-11-18(21)17-9-2-1-3-10-17)29-26(31-27)22-15-8-14-20-19-12-6-7-16-23(19)32-24(20)22;1-23(2)24(3,4)27-25(26-23)17-14-12-16(13-15-17)18-9-7-10-20-19-8-5-6-11-21(19)28-22(18)20/h1-27H;1-16H;5-15H,1-4H3. The summed E-state index contributed by atoms with van der Waals surface area (Å²) < 4.78 is 22.5. The highest BCUT2D eigenvalue weighted by Gasteiger charge is 2.51. The van der Waals surface area contributed by atoms with Gasteiger partial charge in [-0.15, -0.1) is 45.3 Å². The van der Waals surface area contributed by atoms with E-state index < -0.39 is 0 Å². The number of benzene rings is 14. The molecule has 0 amide bonds. The predicted molar refractivity (Wildman–Crippen MR) is 467 cm³/mol. The molecule has 14 aromatic carbocycles. The Morgan fingerprint density at radius 1 is 0.236 bits per heavy atom. The summed E-state index contributed by atoms with van der Waals surface area (Å²) in [7, 11) is -0.320. The lowest BCUT2D eigenvalue weighted by Gasteiger charge is -2.32. The lowest BCUT2D eigenvalue weighted by atomic mass is 9.78. The molecule has 7 heterocycles. The van der Waals surface area contributed by atoms with Crippen molar-refractivity contribution in [3.05, 3.63) is 333 Å². The molecule has 0 atom stereocenters. The zero-order chi connectivity index (χ0) is 74.0. The fourth-order valence-electron chi connectivity index (χ4n) is 14.8. The minimum absolute atomic E-state index is 0.186. The van der Waals surface area contributed by atoms with Crippen molar-refractivity contribution < 1.29 is 9.31 Å². The van der Waals surface area contributed by atoms with Gasteiger partial charge in [-0.1, -0.05) is 291 Å². The molecule has 20 aromatic rings. The van der Waals surface area contributed by atoms with Gasteiger partial charge in [-0.3, -0.25) is 0 Å². The Morgan fingerprint density at radius 2 is 0.500 bits per heavy atom. The van der Waals surface area contributed by atoms with Crippen molar-refractivity contribution in [2.24, 2.45) is 0 Å². The van der Waals surface area contributed by atoms with Crippen molar-refractivity contribution in [2.45, 2.75) is 38.9 Å². The summed E-state index contributed by atoms with van der Waals surface area (Å²) in [5.41, 5.74) is 14.5. The number of nitrogens with zero attached hydrogens (tertiary/aromatic N) is 6. The number of rotatable bonds is 10. The van der Waals surface area contributed by atoms with Crippen LogP contribution in [0.3, 0.4) is 0 Å². The number of hydrogen-bond donors (Lipinski definition) is 0. The van der Waals surface area contributed by atoms with Crippen molar-refractivity contribution in [2.75, 3.05) is 0 Å². The second-order valence-corrected chi connectivity index (χ2v) is 32.8. The molecule has 1 fully saturated rings. The molecule has 0 unspecified atom stereocenters. The molecule has 0 radical (unpaired) electrons. The fourth-order valence-corrected chi connectivity index (χ4v) is 19.9. The summed E-state index contributed by atoms with van der Waals surface area (Å²) in [5.74, 6) is 3.13.